The Morgan fingerprint density at radius 2 is 1.98 bits per heavy atom. The van der Waals surface area contributed by atoms with Crippen LogP contribution in [0.25, 0.3) is 22.5 Å². The molecule has 2 aliphatic heterocycles. The van der Waals surface area contributed by atoms with E-state index in [0.717, 1.165) is 70.4 Å². The number of carbonyl (C=O) groups is 1. The number of ether oxygens (including phenoxy) is 2. The molecule has 2 N–H and O–H groups in total. The maximum Gasteiger partial charge on any atom is 0.258 e. The largest absolute Gasteiger partial charge is 0.484 e. The number of aromatic nitrogens is 4. The molecule has 41 heavy (non-hydrogen) atoms. The minimum Gasteiger partial charge on any atom is -0.484 e. The molecule has 10 heteroatoms. The monoisotopic (exact) mass is 570 g/mol. The minimum absolute atomic E-state index is 0.0296. The molecule has 1 atom stereocenters. The second-order valence-corrected chi connectivity index (χ2v) is 11.6. The van der Waals surface area contributed by atoms with Gasteiger partial charge < -0.3 is 20.1 Å². The first kappa shape index (κ1) is 27.3. The Hall–Kier alpha value is -3.89. The average Bonchev–Trinajstić information content (AvgIpc) is 3.67. The Morgan fingerprint density at radius 1 is 1.10 bits per heavy atom. The lowest BCUT2D eigenvalue weighted by Gasteiger charge is -2.22. The molecule has 0 saturated carbocycles. The molecule has 1 saturated heterocycles. The lowest BCUT2D eigenvalue weighted by molar-refractivity contribution is -0.123. The minimum atomic E-state index is -0.152. The summed E-state index contributed by atoms with van der Waals surface area (Å²) in [5.74, 6) is 3.60. The van der Waals surface area contributed by atoms with Gasteiger partial charge in [0.15, 0.2) is 12.4 Å². The van der Waals surface area contributed by atoms with Crippen molar-refractivity contribution in [2.75, 3.05) is 18.5 Å². The second kappa shape index (κ2) is 12.3. The number of rotatable bonds is 9. The first-order chi connectivity index (χ1) is 20.0. The number of amides is 1. The number of thioether (sulfide) groups is 1. The molecule has 2 aromatic carbocycles. The maximum atomic E-state index is 12.0. The Bertz CT molecular complexity index is 1510. The molecule has 1 fully saturated rings. The highest BCUT2D eigenvalue weighted by Crippen LogP contribution is 2.36. The number of nitrogens with one attached hydrogen (secondary N) is 2. The van der Waals surface area contributed by atoms with Gasteiger partial charge in [0.05, 0.1) is 11.9 Å². The highest BCUT2D eigenvalue weighted by Gasteiger charge is 2.21. The SMILES string of the molecule is CC(C)NC(=O)COc1cccc(-c2nc3c(c(Nc4ccc(-c5cnn(C6CCCCO6)c5)cc4)n2)CSC3)c1. The Labute approximate surface area is 244 Å². The zero-order valence-corrected chi connectivity index (χ0v) is 24.1. The normalized spacial score (nSPS) is 16.4. The zero-order chi connectivity index (χ0) is 28.2. The second-order valence-electron chi connectivity index (χ2n) is 10.6. The number of fused-ring (bicyclic) bond motifs is 1. The average molecular weight is 571 g/mol. The number of hydrogen-bond acceptors (Lipinski definition) is 8. The van der Waals surface area contributed by atoms with Gasteiger partial charge in [0.2, 0.25) is 0 Å². The van der Waals surface area contributed by atoms with E-state index in [2.05, 4.69) is 46.2 Å². The molecule has 0 bridgehead atoms. The van der Waals surface area contributed by atoms with Gasteiger partial charge >= 0.3 is 0 Å². The van der Waals surface area contributed by atoms with Crippen LogP contribution in [0.15, 0.2) is 60.9 Å². The summed E-state index contributed by atoms with van der Waals surface area (Å²) in [5.41, 5.74) is 6.13. The molecule has 212 valence electrons. The predicted molar refractivity (Wildman–Crippen MR) is 161 cm³/mol. The van der Waals surface area contributed by atoms with Gasteiger partial charge in [-0.3, -0.25) is 4.79 Å². The van der Waals surface area contributed by atoms with Crippen LogP contribution in [-0.4, -0.2) is 44.9 Å². The van der Waals surface area contributed by atoms with Crippen molar-refractivity contribution in [3.05, 3.63) is 72.2 Å². The topological polar surface area (TPSA) is 103 Å². The smallest absolute Gasteiger partial charge is 0.258 e. The van der Waals surface area contributed by atoms with Gasteiger partial charge in [-0.15, -0.1) is 0 Å². The third kappa shape index (κ3) is 6.55. The number of carbonyl (C=O) groups excluding carboxylic acids is 1. The number of anilines is 2. The molecule has 0 aliphatic carbocycles. The van der Waals surface area contributed by atoms with Crippen molar-refractivity contribution >= 4 is 29.2 Å². The number of benzene rings is 2. The van der Waals surface area contributed by atoms with Gasteiger partial charge in [-0.05, 0) is 62.9 Å². The van der Waals surface area contributed by atoms with Crippen LogP contribution in [0.4, 0.5) is 11.5 Å². The van der Waals surface area contributed by atoms with Gasteiger partial charge in [-0.1, -0.05) is 24.3 Å². The highest BCUT2D eigenvalue weighted by atomic mass is 32.2. The molecular formula is C31H34N6O3S. The van der Waals surface area contributed by atoms with Crippen LogP contribution in [0.1, 0.15) is 50.6 Å². The number of hydrogen-bond donors (Lipinski definition) is 2. The number of nitrogens with zero attached hydrogens (tertiary/aromatic N) is 4. The highest BCUT2D eigenvalue weighted by molar-refractivity contribution is 7.98. The third-order valence-electron chi connectivity index (χ3n) is 7.02. The van der Waals surface area contributed by atoms with Gasteiger partial charge in [-0.25, -0.2) is 14.6 Å². The van der Waals surface area contributed by atoms with E-state index < -0.39 is 0 Å². The Kier molecular flexibility index (Phi) is 8.20. The Morgan fingerprint density at radius 3 is 2.78 bits per heavy atom. The molecule has 2 aliphatic rings. The Balaban J connectivity index is 1.18. The van der Waals surface area contributed by atoms with Crippen molar-refractivity contribution in [2.24, 2.45) is 0 Å². The summed E-state index contributed by atoms with van der Waals surface area (Å²) in [7, 11) is 0. The van der Waals surface area contributed by atoms with E-state index in [9.17, 15) is 4.79 Å². The fraction of sp³-hybridized carbons (Fsp3) is 0.355. The van der Waals surface area contributed by atoms with Gasteiger partial charge in [-0.2, -0.15) is 16.9 Å². The van der Waals surface area contributed by atoms with Crippen LogP contribution >= 0.6 is 11.8 Å². The van der Waals surface area contributed by atoms with E-state index in [0.29, 0.717) is 11.6 Å². The summed E-state index contributed by atoms with van der Waals surface area (Å²) in [5, 5.41) is 10.9. The van der Waals surface area contributed by atoms with Crippen molar-refractivity contribution in [1.29, 1.82) is 0 Å². The van der Waals surface area contributed by atoms with Crippen LogP contribution < -0.4 is 15.4 Å². The van der Waals surface area contributed by atoms with Crippen molar-refractivity contribution in [1.82, 2.24) is 25.1 Å². The maximum absolute atomic E-state index is 12.0. The molecule has 4 heterocycles. The van der Waals surface area contributed by atoms with Gasteiger partial charge in [0, 0.05) is 52.7 Å². The molecule has 2 aromatic heterocycles. The van der Waals surface area contributed by atoms with E-state index in [1.54, 1.807) is 0 Å². The van der Waals surface area contributed by atoms with Crippen LogP contribution in [0.3, 0.4) is 0 Å². The predicted octanol–water partition coefficient (Wildman–Crippen LogP) is 6.10. The van der Waals surface area contributed by atoms with Crippen LogP contribution in [0, 0.1) is 0 Å². The fourth-order valence-electron chi connectivity index (χ4n) is 4.98. The molecule has 1 unspecified atom stereocenters. The van der Waals surface area contributed by atoms with Crippen molar-refractivity contribution in [3.63, 3.8) is 0 Å². The molecule has 0 spiro atoms. The summed E-state index contributed by atoms with van der Waals surface area (Å²) in [6, 6.07) is 16.0. The lowest BCUT2D eigenvalue weighted by Crippen LogP contribution is -2.34. The lowest BCUT2D eigenvalue weighted by atomic mass is 10.1. The third-order valence-corrected chi connectivity index (χ3v) is 7.99. The molecular weight excluding hydrogens is 536 g/mol. The van der Waals surface area contributed by atoms with E-state index in [1.807, 2.05) is 60.8 Å². The molecule has 9 nitrogen and oxygen atoms in total. The molecule has 0 radical (unpaired) electrons. The van der Waals surface area contributed by atoms with Crippen LogP contribution in [0.2, 0.25) is 0 Å². The standard InChI is InChI=1S/C31H34N6O3S/c1-20(2)33-28(38)17-40-25-7-5-6-22(14-25)30-35-27-19-41-18-26(27)31(36-30)34-24-11-9-21(10-12-24)23-15-32-37(16-23)29-8-3-4-13-39-29/h5-7,9-12,14-16,20,29H,3-4,8,13,17-19H2,1-2H3,(H,33,38)(H,34,35,36). The van der Waals surface area contributed by atoms with Crippen LogP contribution in [0.5, 0.6) is 5.75 Å². The first-order valence-electron chi connectivity index (χ1n) is 14.1. The van der Waals surface area contributed by atoms with Gasteiger partial charge in [0.1, 0.15) is 17.8 Å². The summed E-state index contributed by atoms with van der Waals surface area (Å²) < 4.78 is 13.5. The van der Waals surface area contributed by atoms with E-state index in [4.69, 9.17) is 19.4 Å². The molecule has 4 aromatic rings. The summed E-state index contributed by atoms with van der Waals surface area (Å²) >= 11 is 1.83. The van der Waals surface area contributed by atoms with Crippen molar-refractivity contribution in [3.8, 4) is 28.3 Å². The first-order valence-corrected chi connectivity index (χ1v) is 15.2. The quantitative estimate of drug-likeness (QED) is 0.249. The molecule has 6 rings (SSSR count). The fourth-order valence-corrected chi connectivity index (χ4v) is 6.02. The summed E-state index contributed by atoms with van der Waals surface area (Å²) in [4.78, 5) is 21.8. The van der Waals surface area contributed by atoms with E-state index in [1.165, 1.54) is 6.42 Å². The van der Waals surface area contributed by atoms with Crippen LogP contribution in [-0.2, 0) is 21.0 Å². The zero-order valence-electron chi connectivity index (χ0n) is 23.3. The summed E-state index contributed by atoms with van der Waals surface area (Å²) in [6.07, 6.45) is 7.28. The van der Waals surface area contributed by atoms with Crippen molar-refractivity contribution in [2.45, 2.75) is 56.9 Å². The molecule has 1 amide bonds. The van der Waals surface area contributed by atoms with Gasteiger partial charge in [0.25, 0.3) is 5.91 Å². The van der Waals surface area contributed by atoms with Crippen molar-refractivity contribution < 1.29 is 14.3 Å². The van der Waals surface area contributed by atoms with E-state index >= 15 is 0 Å². The summed E-state index contributed by atoms with van der Waals surface area (Å²) in [6.45, 7) is 4.60. The van der Waals surface area contributed by atoms with E-state index in [-0.39, 0.29) is 24.8 Å².